The Morgan fingerprint density at radius 1 is 1.07 bits per heavy atom. The number of H-pyrrole nitrogens is 1. The third-order valence-electron chi connectivity index (χ3n) is 8.94. The number of benzene rings is 1. The zero-order valence-corrected chi connectivity index (χ0v) is 22.9. The average Bonchev–Trinajstić information content (AvgIpc) is 3.34. The lowest BCUT2D eigenvalue weighted by molar-refractivity contribution is -0.190. The van der Waals surface area contributed by atoms with E-state index in [1.54, 1.807) is 0 Å². The summed E-state index contributed by atoms with van der Waals surface area (Å²) in [6.45, 7) is 4.58. The van der Waals surface area contributed by atoms with E-state index in [0.29, 0.717) is 48.7 Å². The Kier molecular flexibility index (Phi) is 8.03. The number of halogens is 6. The van der Waals surface area contributed by atoms with E-state index in [-0.39, 0.29) is 62.0 Å². The predicted molar refractivity (Wildman–Crippen MR) is 136 cm³/mol. The first kappa shape index (κ1) is 29.7. The van der Waals surface area contributed by atoms with Crippen molar-refractivity contribution >= 4 is 22.7 Å². The number of alkyl halides is 6. The van der Waals surface area contributed by atoms with Gasteiger partial charge in [0.1, 0.15) is 0 Å². The van der Waals surface area contributed by atoms with Crippen molar-refractivity contribution in [2.45, 2.75) is 77.4 Å². The van der Waals surface area contributed by atoms with Crippen molar-refractivity contribution in [2.24, 2.45) is 23.7 Å². The minimum Gasteiger partial charge on any atom is -0.381 e. The summed E-state index contributed by atoms with van der Waals surface area (Å²) in [5, 5.41) is 7.40. The Morgan fingerprint density at radius 3 is 2.41 bits per heavy atom. The summed E-state index contributed by atoms with van der Waals surface area (Å²) in [5.74, 6) is -2.88. The summed E-state index contributed by atoms with van der Waals surface area (Å²) in [6, 6.07) is 1.46. The number of hydrogen-bond acceptors (Lipinski definition) is 4. The molecule has 3 atom stereocenters. The van der Waals surface area contributed by atoms with Crippen molar-refractivity contribution in [3.05, 3.63) is 29.0 Å². The molecule has 1 saturated carbocycles. The van der Waals surface area contributed by atoms with E-state index in [9.17, 15) is 35.9 Å². The molecule has 1 aromatic heterocycles. The van der Waals surface area contributed by atoms with Gasteiger partial charge in [0.25, 0.3) is 0 Å². The first-order valence-electron chi connectivity index (χ1n) is 14.1. The Labute approximate surface area is 233 Å². The molecule has 0 radical (unpaired) electrons. The number of carbonyl (C=O) groups is 2. The quantitative estimate of drug-likeness (QED) is 0.456. The maximum Gasteiger partial charge on any atom is 0.471 e. The van der Waals surface area contributed by atoms with Crippen molar-refractivity contribution in [3.63, 3.8) is 0 Å². The fourth-order valence-electron chi connectivity index (χ4n) is 6.92. The molecule has 1 saturated heterocycles. The molecule has 1 aliphatic carbocycles. The molecule has 0 spiro atoms. The zero-order valence-electron chi connectivity index (χ0n) is 22.9. The van der Waals surface area contributed by atoms with Crippen LogP contribution in [0.3, 0.4) is 0 Å². The molecule has 226 valence electrons. The molecule has 2 unspecified atom stereocenters. The Hall–Kier alpha value is -2.83. The fourth-order valence-corrected chi connectivity index (χ4v) is 6.92. The van der Waals surface area contributed by atoms with Gasteiger partial charge in [-0.25, -0.2) is 0 Å². The van der Waals surface area contributed by atoms with Crippen LogP contribution in [0, 0.1) is 23.7 Å². The van der Waals surface area contributed by atoms with E-state index in [0.717, 1.165) is 17.0 Å². The molecule has 2 fully saturated rings. The summed E-state index contributed by atoms with van der Waals surface area (Å²) in [7, 11) is 0. The Balaban J connectivity index is 1.37. The highest BCUT2D eigenvalue weighted by Crippen LogP contribution is 2.42. The molecule has 41 heavy (non-hydrogen) atoms. The molecule has 0 bridgehead atoms. The molecule has 2 aliphatic heterocycles. The van der Waals surface area contributed by atoms with Crippen LogP contribution in [0.2, 0.25) is 0 Å². The number of nitrogens with one attached hydrogen (secondary N) is 1. The minimum absolute atomic E-state index is 0.0153. The zero-order chi connectivity index (χ0) is 29.7. The van der Waals surface area contributed by atoms with Gasteiger partial charge < -0.3 is 14.5 Å². The van der Waals surface area contributed by atoms with Crippen LogP contribution in [0.1, 0.15) is 62.8 Å². The topological polar surface area (TPSA) is 78.5 Å². The molecule has 3 aliphatic rings. The summed E-state index contributed by atoms with van der Waals surface area (Å²) in [4.78, 5) is 28.9. The van der Waals surface area contributed by atoms with Crippen molar-refractivity contribution in [2.75, 3.05) is 19.8 Å². The monoisotopic (exact) mass is 588 g/mol. The second kappa shape index (κ2) is 11.1. The molecule has 5 rings (SSSR count). The molecule has 2 aromatic rings. The molecular formula is C28H34F6N4O3. The van der Waals surface area contributed by atoms with Crippen molar-refractivity contribution in [1.29, 1.82) is 0 Å². The lowest BCUT2D eigenvalue weighted by atomic mass is 9.68. The maximum absolute atomic E-state index is 14.0. The van der Waals surface area contributed by atoms with E-state index < -0.39 is 35.8 Å². The third-order valence-corrected chi connectivity index (χ3v) is 8.94. The van der Waals surface area contributed by atoms with Gasteiger partial charge >= 0.3 is 18.3 Å². The second-order valence-corrected chi connectivity index (χ2v) is 11.9. The van der Waals surface area contributed by atoms with Gasteiger partial charge in [0.15, 0.2) is 0 Å². The highest BCUT2D eigenvalue weighted by atomic mass is 19.4. The van der Waals surface area contributed by atoms with Crippen molar-refractivity contribution in [1.82, 2.24) is 20.0 Å². The lowest BCUT2D eigenvalue weighted by Gasteiger charge is -2.43. The molecular weight excluding hydrogens is 554 g/mol. The van der Waals surface area contributed by atoms with E-state index >= 15 is 0 Å². The SMILES string of the molecule is CC(C)[C@@H]1CCC(CN(C(=O)C(F)(F)F)C2CCOCC2)CC1C(=O)N1Cc2cc(C(F)(F)F)cc3n[nH]c(c23)C1. The van der Waals surface area contributed by atoms with E-state index in [4.69, 9.17) is 4.74 Å². The molecule has 1 N–H and O–H groups in total. The van der Waals surface area contributed by atoms with Gasteiger partial charge in [-0.1, -0.05) is 13.8 Å². The number of rotatable bonds is 5. The third kappa shape index (κ3) is 6.05. The number of nitrogens with zero attached hydrogens (tertiary/aromatic N) is 3. The summed E-state index contributed by atoms with van der Waals surface area (Å²) < 4.78 is 86.5. The predicted octanol–water partition coefficient (Wildman–Crippen LogP) is 5.68. The molecule has 13 heteroatoms. The highest BCUT2D eigenvalue weighted by Gasteiger charge is 2.47. The van der Waals surface area contributed by atoms with Gasteiger partial charge in [-0.2, -0.15) is 31.4 Å². The number of amides is 2. The fraction of sp³-hybridized carbons (Fsp3) is 0.679. The van der Waals surface area contributed by atoms with Crippen molar-refractivity contribution < 1.29 is 40.7 Å². The van der Waals surface area contributed by atoms with Gasteiger partial charge in [-0.3, -0.25) is 14.7 Å². The average molecular weight is 589 g/mol. The van der Waals surface area contributed by atoms with Gasteiger partial charge in [0.05, 0.1) is 23.3 Å². The number of ether oxygens (including phenoxy) is 1. The normalized spacial score (nSPS) is 24.2. The highest BCUT2D eigenvalue weighted by molar-refractivity contribution is 5.89. The number of aromatic nitrogens is 2. The van der Waals surface area contributed by atoms with Gasteiger partial charge in [0, 0.05) is 43.6 Å². The minimum atomic E-state index is -5.01. The summed E-state index contributed by atoms with van der Waals surface area (Å²) in [6.07, 6.45) is -7.45. The first-order valence-corrected chi connectivity index (χ1v) is 14.1. The van der Waals surface area contributed by atoms with Crippen LogP contribution in [0.15, 0.2) is 12.1 Å². The Morgan fingerprint density at radius 2 is 1.78 bits per heavy atom. The van der Waals surface area contributed by atoms with E-state index in [1.165, 1.54) is 4.90 Å². The lowest BCUT2D eigenvalue weighted by Crippen LogP contribution is -2.52. The van der Waals surface area contributed by atoms with Crippen LogP contribution in [0.4, 0.5) is 26.3 Å². The summed E-state index contributed by atoms with van der Waals surface area (Å²) in [5.41, 5.74) is 0.260. The molecule has 3 heterocycles. The maximum atomic E-state index is 14.0. The van der Waals surface area contributed by atoms with Crippen molar-refractivity contribution in [3.8, 4) is 0 Å². The molecule has 1 aromatic carbocycles. The smallest absolute Gasteiger partial charge is 0.381 e. The van der Waals surface area contributed by atoms with E-state index in [1.807, 2.05) is 13.8 Å². The van der Waals surface area contributed by atoms with Crippen LogP contribution >= 0.6 is 0 Å². The number of hydrogen-bond donors (Lipinski definition) is 1. The van der Waals surface area contributed by atoms with Gasteiger partial charge in [-0.15, -0.1) is 0 Å². The second-order valence-electron chi connectivity index (χ2n) is 11.9. The molecule has 2 amide bonds. The van der Waals surface area contributed by atoms with Gasteiger partial charge in [-0.05, 0) is 67.6 Å². The summed E-state index contributed by atoms with van der Waals surface area (Å²) >= 11 is 0. The van der Waals surface area contributed by atoms with Crippen LogP contribution in [0.25, 0.3) is 10.9 Å². The van der Waals surface area contributed by atoms with E-state index in [2.05, 4.69) is 10.2 Å². The van der Waals surface area contributed by atoms with Crippen LogP contribution in [-0.2, 0) is 33.6 Å². The van der Waals surface area contributed by atoms with Crippen LogP contribution in [-0.4, -0.2) is 63.8 Å². The molecule has 7 nitrogen and oxygen atoms in total. The standard InChI is InChI=1S/C28H34F6N4O3/c1-15(2)20-4-3-16(12-38(26(40)28(32,33)34)19-5-7-41-8-6-19)9-21(20)25(39)37-13-17-10-18(27(29,30)31)11-22-24(17)23(14-37)36-35-22/h10-11,15-16,19-21H,3-9,12-14H2,1-2H3,(H,35,36)/t16?,20-,21?/m0/s1. The largest absolute Gasteiger partial charge is 0.471 e. The van der Waals surface area contributed by atoms with Crippen LogP contribution in [0.5, 0.6) is 0 Å². The first-order chi connectivity index (χ1) is 19.2. The number of carbonyl (C=O) groups excluding carboxylic acids is 2. The van der Waals surface area contributed by atoms with Crippen LogP contribution < -0.4 is 0 Å². The van der Waals surface area contributed by atoms with Gasteiger partial charge in [0.2, 0.25) is 5.91 Å². The number of aromatic amines is 1. The Bertz CT molecular complexity index is 1280.